The lowest BCUT2D eigenvalue weighted by Crippen LogP contribution is -2.49. The van der Waals surface area contributed by atoms with Crippen molar-refractivity contribution < 1.29 is 14.7 Å². The molecule has 2 aliphatic rings. The quantitative estimate of drug-likeness (QED) is 0.832. The minimum atomic E-state index is -0.749. The Morgan fingerprint density at radius 3 is 2.50 bits per heavy atom. The number of hydrogen-bond acceptors (Lipinski definition) is 3. The van der Waals surface area contributed by atoms with Crippen molar-refractivity contribution in [2.75, 3.05) is 12.3 Å². The number of aliphatic carboxylic acids is 1. The SMILES string of the molecule is CC1SCCN(C(=O)C2CCC(C(=O)O)C2)C1C. The number of rotatable bonds is 2. The molecule has 1 heterocycles. The molecule has 0 aromatic rings. The zero-order chi connectivity index (χ0) is 13.3. The first-order valence-electron chi connectivity index (χ1n) is 6.65. The number of hydrogen-bond donors (Lipinski definition) is 1. The first kappa shape index (κ1) is 13.7. The molecule has 2 fully saturated rings. The Balaban J connectivity index is 1.97. The normalized spacial score (nSPS) is 36.7. The van der Waals surface area contributed by atoms with E-state index in [2.05, 4.69) is 13.8 Å². The number of carboxylic acids is 1. The third-order valence-corrected chi connectivity index (χ3v) is 5.64. The highest BCUT2D eigenvalue weighted by molar-refractivity contribution is 8.00. The van der Waals surface area contributed by atoms with Crippen LogP contribution < -0.4 is 0 Å². The molecule has 18 heavy (non-hydrogen) atoms. The van der Waals surface area contributed by atoms with Gasteiger partial charge in [0.2, 0.25) is 5.91 Å². The second kappa shape index (κ2) is 5.51. The molecule has 0 bridgehead atoms. The zero-order valence-electron chi connectivity index (χ0n) is 11.0. The lowest BCUT2D eigenvalue weighted by atomic mass is 10.0. The third-order valence-electron chi connectivity index (χ3n) is 4.30. The number of thioether (sulfide) groups is 1. The number of carboxylic acid groups (broad SMARTS) is 1. The van der Waals surface area contributed by atoms with Gasteiger partial charge in [-0.25, -0.2) is 0 Å². The van der Waals surface area contributed by atoms with E-state index in [0.717, 1.165) is 18.7 Å². The van der Waals surface area contributed by atoms with Crippen LogP contribution >= 0.6 is 11.8 Å². The molecule has 4 nitrogen and oxygen atoms in total. The van der Waals surface area contributed by atoms with E-state index in [4.69, 9.17) is 5.11 Å². The van der Waals surface area contributed by atoms with E-state index in [1.165, 1.54) is 0 Å². The first-order valence-corrected chi connectivity index (χ1v) is 7.70. The largest absolute Gasteiger partial charge is 0.481 e. The van der Waals surface area contributed by atoms with E-state index in [0.29, 0.717) is 18.1 Å². The van der Waals surface area contributed by atoms with E-state index in [9.17, 15) is 9.59 Å². The summed E-state index contributed by atoms with van der Waals surface area (Å²) in [5.41, 5.74) is 0. The summed E-state index contributed by atoms with van der Waals surface area (Å²) in [5.74, 6) is 0.0424. The van der Waals surface area contributed by atoms with Crippen LogP contribution in [0.1, 0.15) is 33.1 Å². The molecule has 4 atom stereocenters. The van der Waals surface area contributed by atoms with E-state index in [1.807, 2.05) is 16.7 Å². The molecule has 0 aromatic carbocycles. The molecular formula is C13H21NO3S. The highest BCUT2D eigenvalue weighted by Crippen LogP contribution is 2.34. The van der Waals surface area contributed by atoms with E-state index < -0.39 is 5.97 Å². The van der Waals surface area contributed by atoms with Crippen molar-refractivity contribution in [1.82, 2.24) is 4.90 Å². The van der Waals surface area contributed by atoms with Crippen LogP contribution in [-0.2, 0) is 9.59 Å². The fraction of sp³-hybridized carbons (Fsp3) is 0.846. The lowest BCUT2D eigenvalue weighted by molar-refractivity contribution is -0.142. The second-order valence-corrected chi connectivity index (χ2v) is 6.88. The van der Waals surface area contributed by atoms with Gasteiger partial charge in [-0.2, -0.15) is 11.8 Å². The van der Waals surface area contributed by atoms with Gasteiger partial charge in [-0.3, -0.25) is 9.59 Å². The molecule has 102 valence electrons. The Hall–Kier alpha value is -0.710. The minimum Gasteiger partial charge on any atom is -0.481 e. The van der Waals surface area contributed by atoms with Crippen molar-refractivity contribution in [1.29, 1.82) is 0 Å². The van der Waals surface area contributed by atoms with Crippen LogP contribution in [0.5, 0.6) is 0 Å². The molecule has 5 heteroatoms. The van der Waals surface area contributed by atoms with Crippen LogP contribution in [0.3, 0.4) is 0 Å². The molecule has 2 rings (SSSR count). The van der Waals surface area contributed by atoms with Crippen molar-refractivity contribution in [3.05, 3.63) is 0 Å². The van der Waals surface area contributed by atoms with Crippen molar-refractivity contribution in [3.63, 3.8) is 0 Å². The van der Waals surface area contributed by atoms with Gasteiger partial charge in [-0.05, 0) is 26.2 Å². The van der Waals surface area contributed by atoms with Crippen LogP contribution in [-0.4, -0.2) is 45.5 Å². The maximum Gasteiger partial charge on any atom is 0.306 e. The van der Waals surface area contributed by atoms with Crippen molar-refractivity contribution >= 4 is 23.6 Å². The number of carbonyl (C=O) groups is 2. The summed E-state index contributed by atoms with van der Waals surface area (Å²) < 4.78 is 0. The monoisotopic (exact) mass is 271 g/mol. The summed E-state index contributed by atoms with van der Waals surface area (Å²) in [6.07, 6.45) is 1.91. The average molecular weight is 271 g/mol. The lowest BCUT2D eigenvalue weighted by Gasteiger charge is -2.38. The first-order chi connectivity index (χ1) is 8.50. The average Bonchev–Trinajstić information content (AvgIpc) is 2.81. The zero-order valence-corrected chi connectivity index (χ0v) is 11.8. The van der Waals surface area contributed by atoms with Crippen molar-refractivity contribution in [2.24, 2.45) is 11.8 Å². The predicted molar refractivity (Wildman–Crippen MR) is 71.6 cm³/mol. The molecule has 0 spiro atoms. The minimum absolute atomic E-state index is 0.0659. The molecule has 1 amide bonds. The van der Waals surface area contributed by atoms with E-state index in [1.54, 1.807) is 0 Å². The van der Waals surface area contributed by atoms with E-state index >= 15 is 0 Å². The van der Waals surface area contributed by atoms with Crippen molar-refractivity contribution in [2.45, 2.75) is 44.4 Å². The van der Waals surface area contributed by atoms with Crippen LogP contribution in [0.2, 0.25) is 0 Å². The Morgan fingerprint density at radius 1 is 1.22 bits per heavy atom. The van der Waals surface area contributed by atoms with Gasteiger partial charge in [0.1, 0.15) is 0 Å². The highest BCUT2D eigenvalue weighted by Gasteiger charge is 2.38. The molecule has 1 N–H and O–H groups in total. The van der Waals surface area contributed by atoms with Gasteiger partial charge >= 0.3 is 5.97 Å². The van der Waals surface area contributed by atoms with Crippen molar-refractivity contribution in [3.8, 4) is 0 Å². The Labute approximate surface area is 112 Å². The van der Waals surface area contributed by atoms with E-state index in [-0.39, 0.29) is 23.8 Å². The van der Waals surface area contributed by atoms with Crippen LogP contribution in [0.25, 0.3) is 0 Å². The summed E-state index contributed by atoms with van der Waals surface area (Å²) in [5, 5.41) is 9.46. The maximum absolute atomic E-state index is 12.4. The van der Waals surface area contributed by atoms with Gasteiger partial charge in [0, 0.05) is 29.5 Å². The second-order valence-electron chi connectivity index (χ2n) is 5.39. The van der Waals surface area contributed by atoms with Gasteiger partial charge in [-0.15, -0.1) is 0 Å². The Morgan fingerprint density at radius 2 is 1.89 bits per heavy atom. The van der Waals surface area contributed by atoms with Gasteiger partial charge in [0.05, 0.1) is 5.92 Å². The number of nitrogens with zero attached hydrogens (tertiary/aromatic N) is 1. The fourth-order valence-corrected chi connectivity index (χ4v) is 4.01. The Bertz CT molecular complexity index is 347. The number of amides is 1. The standard InChI is InChI=1S/C13H21NO3S/c1-8-9(2)18-6-5-14(8)12(15)10-3-4-11(7-10)13(16)17/h8-11H,3-7H2,1-2H3,(H,16,17). The van der Waals surface area contributed by atoms with Gasteiger partial charge in [-0.1, -0.05) is 6.92 Å². The maximum atomic E-state index is 12.4. The smallest absolute Gasteiger partial charge is 0.306 e. The number of carbonyl (C=O) groups excluding carboxylic acids is 1. The molecule has 1 aliphatic carbocycles. The highest BCUT2D eigenvalue weighted by atomic mass is 32.2. The third kappa shape index (κ3) is 2.66. The summed E-state index contributed by atoms with van der Waals surface area (Å²) in [6, 6.07) is 0.264. The topological polar surface area (TPSA) is 57.6 Å². The van der Waals surface area contributed by atoms with Gasteiger partial charge < -0.3 is 10.0 Å². The summed E-state index contributed by atoms with van der Waals surface area (Å²) in [4.78, 5) is 25.4. The van der Waals surface area contributed by atoms with Crippen LogP contribution in [0, 0.1) is 11.8 Å². The van der Waals surface area contributed by atoms with Crippen LogP contribution in [0.15, 0.2) is 0 Å². The molecule has 1 saturated heterocycles. The molecule has 0 radical (unpaired) electrons. The molecule has 1 aliphatic heterocycles. The Kier molecular flexibility index (Phi) is 4.20. The fourth-order valence-electron chi connectivity index (χ4n) is 2.91. The van der Waals surface area contributed by atoms with Gasteiger partial charge in [0.25, 0.3) is 0 Å². The van der Waals surface area contributed by atoms with Crippen LogP contribution in [0.4, 0.5) is 0 Å². The summed E-state index contributed by atoms with van der Waals surface area (Å²) >= 11 is 1.91. The summed E-state index contributed by atoms with van der Waals surface area (Å²) in [7, 11) is 0. The van der Waals surface area contributed by atoms with Gasteiger partial charge in [0.15, 0.2) is 0 Å². The molecular weight excluding hydrogens is 250 g/mol. The molecule has 0 aromatic heterocycles. The predicted octanol–water partition coefficient (Wildman–Crippen LogP) is 1.84. The summed E-state index contributed by atoms with van der Waals surface area (Å²) in [6.45, 7) is 5.06. The molecule has 1 saturated carbocycles. The molecule has 4 unspecified atom stereocenters.